The molecule has 0 atom stereocenters. The summed E-state index contributed by atoms with van der Waals surface area (Å²) in [6.07, 6.45) is 0. The van der Waals surface area contributed by atoms with E-state index in [1.54, 1.807) is 56.5 Å². The molecule has 192 valence electrons. The van der Waals surface area contributed by atoms with Crippen LogP contribution in [0.2, 0.25) is 0 Å². The molecule has 0 aliphatic carbocycles. The SMILES string of the molecule is CCOC(=O)c1c(-c2ccc(OC)cc2)oc2ccc(OC(=O)c3cc(OC)c(OC)c(OC)c3)cc12. The lowest BCUT2D eigenvalue weighted by Gasteiger charge is -2.13. The Kier molecular flexibility index (Phi) is 7.52. The van der Waals surface area contributed by atoms with Gasteiger partial charge >= 0.3 is 11.9 Å². The number of carbonyl (C=O) groups is 2. The molecule has 0 N–H and O–H groups in total. The number of hydrogen-bond donors (Lipinski definition) is 0. The molecule has 9 heteroatoms. The second-order valence-electron chi connectivity index (χ2n) is 7.72. The summed E-state index contributed by atoms with van der Waals surface area (Å²) >= 11 is 0. The molecule has 3 aromatic carbocycles. The van der Waals surface area contributed by atoms with E-state index in [1.165, 1.54) is 33.5 Å². The third-order valence-corrected chi connectivity index (χ3v) is 5.60. The first-order chi connectivity index (χ1) is 17.9. The lowest BCUT2D eigenvalue weighted by Crippen LogP contribution is -2.10. The van der Waals surface area contributed by atoms with Crippen LogP contribution in [0, 0.1) is 0 Å². The highest BCUT2D eigenvalue weighted by molar-refractivity contribution is 6.09. The zero-order valence-corrected chi connectivity index (χ0v) is 21.1. The van der Waals surface area contributed by atoms with Crippen LogP contribution in [-0.2, 0) is 4.74 Å². The molecule has 37 heavy (non-hydrogen) atoms. The van der Waals surface area contributed by atoms with Crippen molar-refractivity contribution in [1.29, 1.82) is 0 Å². The van der Waals surface area contributed by atoms with Crippen LogP contribution in [0.5, 0.6) is 28.7 Å². The molecule has 9 nitrogen and oxygen atoms in total. The van der Waals surface area contributed by atoms with Gasteiger partial charge in [-0.05, 0) is 61.5 Å². The first kappa shape index (κ1) is 25.4. The predicted molar refractivity (Wildman–Crippen MR) is 135 cm³/mol. The Hall–Kier alpha value is -4.66. The molecule has 0 bridgehead atoms. The van der Waals surface area contributed by atoms with Gasteiger partial charge < -0.3 is 32.8 Å². The second-order valence-corrected chi connectivity index (χ2v) is 7.72. The minimum atomic E-state index is -0.657. The van der Waals surface area contributed by atoms with Crippen molar-refractivity contribution >= 4 is 22.9 Å². The Morgan fingerprint density at radius 1 is 0.757 bits per heavy atom. The number of ether oxygens (including phenoxy) is 6. The fourth-order valence-corrected chi connectivity index (χ4v) is 3.86. The van der Waals surface area contributed by atoms with Crippen molar-refractivity contribution < 1.29 is 42.4 Å². The summed E-state index contributed by atoms with van der Waals surface area (Å²) in [7, 11) is 5.95. The minimum Gasteiger partial charge on any atom is -0.497 e. The van der Waals surface area contributed by atoms with E-state index in [2.05, 4.69) is 0 Å². The summed E-state index contributed by atoms with van der Waals surface area (Å²) in [4.78, 5) is 25.9. The molecule has 0 unspecified atom stereocenters. The third-order valence-electron chi connectivity index (χ3n) is 5.60. The maximum Gasteiger partial charge on any atom is 0.343 e. The molecule has 0 saturated carbocycles. The van der Waals surface area contributed by atoms with Crippen molar-refractivity contribution in [3.05, 3.63) is 65.7 Å². The van der Waals surface area contributed by atoms with Crippen LogP contribution < -0.4 is 23.7 Å². The molecule has 4 rings (SSSR count). The third kappa shape index (κ3) is 5.02. The second kappa shape index (κ2) is 10.9. The van der Waals surface area contributed by atoms with Crippen molar-refractivity contribution in [1.82, 2.24) is 0 Å². The van der Waals surface area contributed by atoms with E-state index < -0.39 is 11.9 Å². The number of benzene rings is 3. The van der Waals surface area contributed by atoms with Crippen molar-refractivity contribution in [2.75, 3.05) is 35.0 Å². The normalized spacial score (nSPS) is 10.6. The Labute approximate surface area is 213 Å². The number of carbonyl (C=O) groups excluding carboxylic acids is 2. The van der Waals surface area contributed by atoms with Crippen LogP contribution in [0.1, 0.15) is 27.6 Å². The standard InChI is InChI=1S/C28H26O9/c1-6-35-28(30)24-20-15-19(11-12-21(20)37-25(24)16-7-9-18(31-2)10-8-16)36-27(29)17-13-22(32-3)26(34-5)23(14-17)33-4/h7-15H,6H2,1-5H3. The van der Waals surface area contributed by atoms with E-state index in [4.69, 9.17) is 32.8 Å². The fourth-order valence-electron chi connectivity index (χ4n) is 3.86. The number of hydrogen-bond acceptors (Lipinski definition) is 9. The van der Waals surface area contributed by atoms with Gasteiger partial charge in [0.05, 0.1) is 40.6 Å². The van der Waals surface area contributed by atoms with E-state index in [-0.39, 0.29) is 23.5 Å². The van der Waals surface area contributed by atoms with E-state index in [0.717, 1.165) is 0 Å². The molecule has 1 aromatic heterocycles. The van der Waals surface area contributed by atoms with E-state index >= 15 is 0 Å². The highest BCUT2D eigenvalue weighted by atomic mass is 16.5. The fraction of sp³-hybridized carbons (Fsp3) is 0.214. The van der Waals surface area contributed by atoms with Crippen LogP contribution >= 0.6 is 0 Å². The minimum absolute atomic E-state index is 0.184. The van der Waals surface area contributed by atoms with Crippen LogP contribution in [0.3, 0.4) is 0 Å². The van der Waals surface area contributed by atoms with Gasteiger partial charge in [-0.3, -0.25) is 0 Å². The smallest absolute Gasteiger partial charge is 0.343 e. The predicted octanol–water partition coefficient (Wildman–Crippen LogP) is 5.53. The molecule has 4 aromatic rings. The molecule has 0 fully saturated rings. The summed E-state index contributed by atoms with van der Waals surface area (Å²) in [5.74, 6) is 0.976. The van der Waals surface area contributed by atoms with Crippen LogP contribution in [0.15, 0.2) is 59.0 Å². The highest BCUT2D eigenvalue weighted by Gasteiger charge is 2.25. The summed E-state index contributed by atoms with van der Waals surface area (Å²) in [5, 5.41) is 0.444. The molecule has 0 aliphatic rings. The van der Waals surface area contributed by atoms with Gasteiger partial charge in [0.25, 0.3) is 0 Å². The molecule has 0 aliphatic heterocycles. The first-order valence-electron chi connectivity index (χ1n) is 11.3. The first-order valence-corrected chi connectivity index (χ1v) is 11.3. The summed E-state index contributed by atoms with van der Waals surface area (Å²) in [6.45, 7) is 1.90. The van der Waals surface area contributed by atoms with Crippen molar-refractivity contribution in [3.63, 3.8) is 0 Å². The van der Waals surface area contributed by atoms with Crippen LogP contribution in [-0.4, -0.2) is 47.0 Å². The van der Waals surface area contributed by atoms with Crippen LogP contribution in [0.25, 0.3) is 22.3 Å². The summed E-state index contributed by atoms with van der Waals surface area (Å²) in [5.41, 5.74) is 1.51. The van der Waals surface area contributed by atoms with Gasteiger partial charge in [-0.1, -0.05) is 0 Å². The van der Waals surface area contributed by atoms with Crippen molar-refractivity contribution in [2.24, 2.45) is 0 Å². The molecule has 0 radical (unpaired) electrons. The number of fused-ring (bicyclic) bond motifs is 1. The quantitative estimate of drug-likeness (QED) is 0.214. The van der Waals surface area contributed by atoms with Gasteiger partial charge in [0, 0.05) is 10.9 Å². The Balaban J connectivity index is 1.74. The average molecular weight is 507 g/mol. The largest absolute Gasteiger partial charge is 0.497 e. The monoisotopic (exact) mass is 506 g/mol. The zero-order valence-electron chi connectivity index (χ0n) is 21.1. The molecule has 0 spiro atoms. The number of esters is 2. The molecule has 0 amide bonds. The van der Waals surface area contributed by atoms with Crippen molar-refractivity contribution in [2.45, 2.75) is 6.92 Å². The van der Waals surface area contributed by atoms with Crippen molar-refractivity contribution in [3.8, 4) is 40.1 Å². The van der Waals surface area contributed by atoms with E-state index in [0.29, 0.717) is 45.3 Å². The van der Waals surface area contributed by atoms with Gasteiger partial charge in [0.1, 0.15) is 28.4 Å². The number of methoxy groups -OCH3 is 4. The van der Waals surface area contributed by atoms with Gasteiger partial charge in [0.2, 0.25) is 5.75 Å². The van der Waals surface area contributed by atoms with E-state index in [1.807, 2.05) is 0 Å². The number of rotatable bonds is 9. The maximum absolute atomic E-state index is 13.0. The molecule has 1 heterocycles. The average Bonchev–Trinajstić information content (AvgIpc) is 3.31. The lowest BCUT2D eigenvalue weighted by atomic mass is 10.1. The zero-order chi connectivity index (χ0) is 26.5. The number of furan rings is 1. The summed E-state index contributed by atoms with van der Waals surface area (Å²) in [6, 6.07) is 14.8. The van der Waals surface area contributed by atoms with Crippen LogP contribution in [0.4, 0.5) is 0 Å². The Bertz CT molecular complexity index is 1410. The molecular formula is C28H26O9. The molecule has 0 saturated heterocycles. The highest BCUT2D eigenvalue weighted by Crippen LogP contribution is 2.39. The van der Waals surface area contributed by atoms with Gasteiger partial charge in [0.15, 0.2) is 11.5 Å². The Morgan fingerprint density at radius 2 is 1.41 bits per heavy atom. The topological polar surface area (TPSA) is 103 Å². The van der Waals surface area contributed by atoms with Gasteiger partial charge in [-0.2, -0.15) is 0 Å². The molecular weight excluding hydrogens is 480 g/mol. The Morgan fingerprint density at radius 3 is 1.97 bits per heavy atom. The summed E-state index contributed by atoms with van der Waals surface area (Å²) < 4.78 is 38.1. The maximum atomic E-state index is 13.0. The lowest BCUT2D eigenvalue weighted by molar-refractivity contribution is 0.0528. The van der Waals surface area contributed by atoms with Gasteiger partial charge in [-0.15, -0.1) is 0 Å². The van der Waals surface area contributed by atoms with Gasteiger partial charge in [-0.25, -0.2) is 9.59 Å². The van der Waals surface area contributed by atoms with E-state index in [9.17, 15) is 9.59 Å².